The van der Waals surface area contributed by atoms with Gasteiger partial charge >= 0.3 is 0 Å². The summed E-state index contributed by atoms with van der Waals surface area (Å²) in [5.41, 5.74) is 0. The Kier molecular flexibility index (Phi) is 6.39. The second-order valence-electron chi connectivity index (χ2n) is 5.08. The molecule has 0 saturated carbocycles. The van der Waals surface area contributed by atoms with Crippen molar-refractivity contribution in [1.29, 1.82) is 0 Å². The molecule has 3 nitrogen and oxygen atoms in total. The van der Waals surface area contributed by atoms with E-state index < -0.39 is 0 Å². The summed E-state index contributed by atoms with van der Waals surface area (Å²) in [7, 11) is 1.97. The predicted octanol–water partition coefficient (Wildman–Crippen LogP) is 3.00. The van der Waals surface area contributed by atoms with Crippen molar-refractivity contribution in [2.75, 3.05) is 32.4 Å². The Labute approximate surface area is 133 Å². The zero-order chi connectivity index (χ0) is 14.4. The molecule has 5 heteroatoms. The molecule has 0 aromatic heterocycles. The van der Waals surface area contributed by atoms with Crippen LogP contribution in [0.5, 0.6) is 0 Å². The molecule has 1 heterocycles. The van der Waals surface area contributed by atoms with Crippen LogP contribution in [0.3, 0.4) is 0 Å². The number of likely N-dealkylation sites (tertiary alicyclic amines) is 1. The van der Waals surface area contributed by atoms with Gasteiger partial charge in [-0.1, -0.05) is 12.1 Å². The third-order valence-corrected chi connectivity index (χ3v) is 5.57. The van der Waals surface area contributed by atoms with Crippen molar-refractivity contribution in [2.24, 2.45) is 5.92 Å². The standard InChI is InChI=1S/C15H21BrN2OS/c1-17-10-12-6-8-18(11-12)15(19)7-9-20-14-5-3-2-4-13(14)16/h2-5,12,17H,6-11H2,1H3. The van der Waals surface area contributed by atoms with Crippen LogP contribution in [0.4, 0.5) is 0 Å². The van der Waals surface area contributed by atoms with Gasteiger partial charge in [-0.25, -0.2) is 0 Å². The Balaban J connectivity index is 1.72. The zero-order valence-corrected chi connectivity index (χ0v) is 14.2. The molecule has 0 aliphatic carbocycles. The number of carbonyl (C=O) groups excluding carboxylic acids is 1. The summed E-state index contributed by atoms with van der Waals surface area (Å²) in [6.07, 6.45) is 1.75. The molecule has 0 spiro atoms. The molecule has 110 valence electrons. The molecular weight excluding hydrogens is 336 g/mol. The van der Waals surface area contributed by atoms with Gasteiger partial charge in [-0.15, -0.1) is 11.8 Å². The number of thioether (sulfide) groups is 1. The van der Waals surface area contributed by atoms with Gasteiger partial charge in [0.15, 0.2) is 0 Å². The molecule has 1 aromatic carbocycles. The molecule has 1 amide bonds. The van der Waals surface area contributed by atoms with Crippen LogP contribution in [0.1, 0.15) is 12.8 Å². The highest BCUT2D eigenvalue weighted by atomic mass is 79.9. The number of nitrogens with zero attached hydrogens (tertiary/aromatic N) is 1. The van der Waals surface area contributed by atoms with Gasteiger partial charge < -0.3 is 10.2 Å². The number of nitrogens with one attached hydrogen (secondary N) is 1. The summed E-state index contributed by atoms with van der Waals surface area (Å²) >= 11 is 5.27. The number of rotatable bonds is 6. The van der Waals surface area contributed by atoms with E-state index in [2.05, 4.69) is 27.3 Å². The second-order valence-corrected chi connectivity index (χ2v) is 7.07. The van der Waals surface area contributed by atoms with E-state index in [1.54, 1.807) is 11.8 Å². The van der Waals surface area contributed by atoms with E-state index >= 15 is 0 Å². The summed E-state index contributed by atoms with van der Waals surface area (Å²) in [4.78, 5) is 15.4. The summed E-state index contributed by atoms with van der Waals surface area (Å²) in [6.45, 7) is 2.85. The first-order chi connectivity index (χ1) is 9.70. The molecule has 1 aromatic rings. The quantitative estimate of drug-likeness (QED) is 0.795. The van der Waals surface area contributed by atoms with Gasteiger partial charge in [0.1, 0.15) is 0 Å². The molecule has 1 aliphatic rings. The topological polar surface area (TPSA) is 32.3 Å². The fourth-order valence-corrected chi connectivity index (χ4v) is 3.99. The normalized spacial score (nSPS) is 18.5. The Hall–Kier alpha value is -0.520. The Bertz CT molecular complexity index is 455. The van der Waals surface area contributed by atoms with Crippen LogP contribution in [0.25, 0.3) is 0 Å². The smallest absolute Gasteiger partial charge is 0.223 e. The number of halogens is 1. The molecule has 0 bridgehead atoms. The number of carbonyl (C=O) groups is 1. The van der Waals surface area contributed by atoms with E-state index in [4.69, 9.17) is 0 Å². The average Bonchev–Trinajstić information content (AvgIpc) is 2.90. The van der Waals surface area contributed by atoms with E-state index in [1.807, 2.05) is 30.1 Å². The van der Waals surface area contributed by atoms with E-state index in [0.717, 1.165) is 36.3 Å². The molecule has 1 saturated heterocycles. The second kappa shape index (κ2) is 8.05. The fraction of sp³-hybridized carbons (Fsp3) is 0.533. The summed E-state index contributed by atoms with van der Waals surface area (Å²) < 4.78 is 1.10. The van der Waals surface area contributed by atoms with Gasteiger partial charge in [-0.05, 0) is 54.0 Å². The SMILES string of the molecule is CNCC1CCN(C(=O)CCSc2ccccc2Br)C1. The molecule has 20 heavy (non-hydrogen) atoms. The van der Waals surface area contributed by atoms with Crippen LogP contribution in [0.15, 0.2) is 33.6 Å². The lowest BCUT2D eigenvalue weighted by atomic mass is 10.1. The van der Waals surface area contributed by atoms with Gasteiger partial charge in [0.05, 0.1) is 0 Å². The largest absolute Gasteiger partial charge is 0.342 e. The third-order valence-electron chi connectivity index (χ3n) is 3.54. The highest BCUT2D eigenvalue weighted by Gasteiger charge is 2.25. The van der Waals surface area contributed by atoms with Crippen molar-refractivity contribution >= 4 is 33.6 Å². The van der Waals surface area contributed by atoms with Crippen LogP contribution < -0.4 is 5.32 Å². The molecule has 2 rings (SSSR count). The third kappa shape index (κ3) is 4.50. The first-order valence-corrected chi connectivity index (χ1v) is 8.78. The van der Waals surface area contributed by atoms with Gasteiger partial charge in [-0.3, -0.25) is 4.79 Å². The minimum absolute atomic E-state index is 0.295. The van der Waals surface area contributed by atoms with Crippen molar-refractivity contribution in [3.05, 3.63) is 28.7 Å². The van der Waals surface area contributed by atoms with Crippen LogP contribution in [0, 0.1) is 5.92 Å². The first kappa shape index (κ1) is 15.9. The van der Waals surface area contributed by atoms with Crippen molar-refractivity contribution in [2.45, 2.75) is 17.7 Å². The highest BCUT2D eigenvalue weighted by molar-refractivity contribution is 9.10. The molecule has 1 atom stereocenters. The molecule has 1 unspecified atom stereocenters. The maximum atomic E-state index is 12.2. The lowest BCUT2D eigenvalue weighted by molar-refractivity contribution is -0.129. The van der Waals surface area contributed by atoms with E-state index in [0.29, 0.717) is 18.2 Å². The fourth-order valence-electron chi connectivity index (χ4n) is 2.48. The average molecular weight is 357 g/mol. The Morgan fingerprint density at radius 1 is 1.50 bits per heavy atom. The van der Waals surface area contributed by atoms with Gasteiger partial charge in [-0.2, -0.15) is 0 Å². The zero-order valence-electron chi connectivity index (χ0n) is 11.8. The van der Waals surface area contributed by atoms with Gasteiger partial charge in [0.2, 0.25) is 5.91 Å². The first-order valence-electron chi connectivity index (χ1n) is 7.00. The van der Waals surface area contributed by atoms with Crippen LogP contribution in [-0.2, 0) is 4.79 Å². The molecule has 0 radical (unpaired) electrons. The highest BCUT2D eigenvalue weighted by Crippen LogP contribution is 2.27. The Morgan fingerprint density at radius 3 is 3.05 bits per heavy atom. The van der Waals surface area contributed by atoms with E-state index in [-0.39, 0.29) is 0 Å². The maximum Gasteiger partial charge on any atom is 0.223 e. The summed E-state index contributed by atoms with van der Waals surface area (Å²) in [5.74, 6) is 1.76. The van der Waals surface area contributed by atoms with Crippen molar-refractivity contribution in [3.8, 4) is 0 Å². The van der Waals surface area contributed by atoms with Gasteiger partial charge in [0, 0.05) is 34.6 Å². The monoisotopic (exact) mass is 356 g/mol. The van der Waals surface area contributed by atoms with Crippen LogP contribution in [0.2, 0.25) is 0 Å². The van der Waals surface area contributed by atoms with Crippen molar-refractivity contribution in [3.63, 3.8) is 0 Å². The van der Waals surface area contributed by atoms with Crippen molar-refractivity contribution in [1.82, 2.24) is 10.2 Å². The van der Waals surface area contributed by atoms with Crippen molar-refractivity contribution < 1.29 is 4.79 Å². The molecule has 1 N–H and O–H groups in total. The molecular formula is C15H21BrN2OS. The summed E-state index contributed by atoms with van der Waals surface area (Å²) in [6, 6.07) is 8.15. The number of benzene rings is 1. The van der Waals surface area contributed by atoms with Gasteiger partial charge in [0.25, 0.3) is 0 Å². The lowest BCUT2D eigenvalue weighted by Gasteiger charge is -2.16. The van der Waals surface area contributed by atoms with Crippen LogP contribution >= 0.6 is 27.7 Å². The van der Waals surface area contributed by atoms with E-state index in [1.165, 1.54) is 4.90 Å². The van der Waals surface area contributed by atoms with E-state index in [9.17, 15) is 4.79 Å². The minimum atomic E-state index is 0.295. The maximum absolute atomic E-state index is 12.2. The Morgan fingerprint density at radius 2 is 2.30 bits per heavy atom. The summed E-state index contributed by atoms with van der Waals surface area (Å²) in [5, 5.41) is 3.19. The van der Waals surface area contributed by atoms with Crippen LogP contribution in [-0.4, -0.2) is 43.2 Å². The molecule has 1 aliphatic heterocycles. The lowest BCUT2D eigenvalue weighted by Crippen LogP contribution is -2.30. The number of amides is 1. The number of hydrogen-bond acceptors (Lipinski definition) is 3. The number of hydrogen-bond donors (Lipinski definition) is 1. The predicted molar refractivity (Wildman–Crippen MR) is 88.1 cm³/mol. The molecule has 1 fully saturated rings. The minimum Gasteiger partial charge on any atom is -0.342 e.